The molecular weight excluding hydrogens is 719 g/mol. The predicted octanol–water partition coefficient (Wildman–Crippen LogP) is 5.24. The molecule has 3 aliphatic rings. The number of carbonyl (C=O) groups is 4. The average Bonchev–Trinajstić information content (AvgIpc) is 3.86. The predicted molar refractivity (Wildman–Crippen MR) is 212 cm³/mol. The van der Waals surface area contributed by atoms with Crippen molar-refractivity contribution in [3.05, 3.63) is 77.9 Å². The van der Waals surface area contributed by atoms with Crippen LogP contribution >= 0.6 is 0 Å². The van der Waals surface area contributed by atoms with Crippen LogP contribution in [0.25, 0.3) is 0 Å². The molecular formula is C42H53N3O9Si. The fourth-order valence-electron chi connectivity index (χ4n) is 9.04. The number of hydrogen-bond acceptors (Lipinski definition) is 9. The van der Waals surface area contributed by atoms with E-state index in [1.165, 1.54) is 7.11 Å². The maximum Gasteiger partial charge on any atom is 0.305 e. The number of nitrogens with zero attached hydrogens (tertiary/aromatic N) is 2. The molecule has 3 aromatic carbocycles. The van der Waals surface area contributed by atoms with Gasteiger partial charge < -0.3 is 39.2 Å². The number of amides is 3. The average molecular weight is 772 g/mol. The number of benzene rings is 3. The van der Waals surface area contributed by atoms with Crippen molar-refractivity contribution < 1.29 is 43.2 Å². The van der Waals surface area contributed by atoms with Crippen LogP contribution in [0.1, 0.15) is 61.4 Å². The lowest BCUT2D eigenvalue weighted by Crippen LogP contribution is -2.52. The molecule has 0 aromatic heterocycles. The molecule has 2 N–H and O–H groups in total. The number of anilines is 2. The zero-order valence-corrected chi connectivity index (χ0v) is 33.6. The fraction of sp³-hybridized carbons (Fsp3) is 0.476. The number of hydrogen-bond donors (Lipinski definition) is 2. The Hall–Kier alpha value is -4.72. The maximum atomic E-state index is 15.2. The summed E-state index contributed by atoms with van der Waals surface area (Å²) >= 11 is 0. The van der Waals surface area contributed by atoms with Gasteiger partial charge in [0, 0.05) is 42.2 Å². The van der Waals surface area contributed by atoms with Gasteiger partial charge >= 0.3 is 5.97 Å². The Morgan fingerprint density at radius 1 is 0.964 bits per heavy atom. The van der Waals surface area contributed by atoms with Crippen molar-refractivity contribution in [3.8, 4) is 11.5 Å². The summed E-state index contributed by atoms with van der Waals surface area (Å²) in [5.41, 5.74) is 0.617. The summed E-state index contributed by atoms with van der Waals surface area (Å²) in [5.74, 6) is 0.0518. The van der Waals surface area contributed by atoms with Crippen LogP contribution < -0.4 is 24.9 Å². The zero-order chi connectivity index (χ0) is 39.5. The number of fused-ring (bicyclic) bond motifs is 2. The molecule has 0 unspecified atom stereocenters. The number of rotatable bonds is 14. The van der Waals surface area contributed by atoms with E-state index in [0.717, 1.165) is 23.8 Å². The van der Waals surface area contributed by atoms with Crippen LogP contribution in [-0.4, -0.2) is 94.9 Å². The van der Waals surface area contributed by atoms with Gasteiger partial charge in [0.2, 0.25) is 5.91 Å². The van der Waals surface area contributed by atoms with Crippen LogP contribution in [0.4, 0.5) is 11.4 Å². The Morgan fingerprint density at radius 2 is 1.64 bits per heavy atom. The van der Waals surface area contributed by atoms with Gasteiger partial charge in [-0.25, -0.2) is 0 Å². The number of unbranched alkanes of at least 4 members (excludes halogenated alkanes) is 1. The van der Waals surface area contributed by atoms with Crippen molar-refractivity contribution in [3.63, 3.8) is 0 Å². The molecule has 3 amide bonds. The molecule has 2 saturated heterocycles. The highest BCUT2D eigenvalue weighted by atomic mass is 28.3. The van der Waals surface area contributed by atoms with Crippen LogP contribution in [0.2, 0.25) is 18.6 Å². The summed E-state index contributed by atoms with van der Waals surface area (Å²) in [6.45, 7) is 7.40. The molecule has 0 aliphatic carbocycles. The van der Waals surface area contributed by atoms with Gasteiger partial charge in [-0.2, -0.15) is 0 Å². The first-order valence-corrected chi connectivity index (χ1v) is 22.2. The SMILES string of the molecule is COC(=O)CCCCN1C(=O)[C@@]2(O[C@@H](CC(=O)N3CCC[C@H]3CO)[C@H]([Si](C)(C)c3ccc(OC)cc3)[C@H]2C)c2cc(NC(=O)c3ccc(OC)cc3)ccc21. The molecule has 0 radical (unpaired) electrons. The lowest BCUT2D eigenvalue weighted by atomic mass is 9.82. The number of carbonyl (C=O) groups excluding carboxylic acids is 4. The molecule has 0 saturated carbocycles. The van der Waals surface area contributed by atoms with Crippen molar-refractivity contribution in [1.29, 1.82) is 0 Å². The minimum absolute atomic E-state index is 0.0650. The van der Waals surface area contributed by atoms with E-state index < -0.39 is 19.8 Å². The summed E-state index contributed by atoms with van der Waals surface area (Å²) in [6.07, 6.45) is 2.33. The third kappa shape index (κ3) is 7.61. The smallest absolute Gasteiger partial charge is 0.305 e. The van der Waals surface area contributed by atoms with Crippen molar-refractivity contribution in [2.45, 2.75) is 81.8 Å². The fourth-order valence-corrected chi connectivity index (χ4v) is 13.1. The van der Waals surface area contributed by atoms with E-state index in [1.807, 2.05) is 24.3 Å². The lowest BCUT2D eigenvalue weighted by Gasteiger charge is -2.37. The van der Waals surface area contributed by atoms with Crippen LogP contribution in [0.3, 0.4) is 0 Å². The summed E-state index contributed by atoms with van der Waals surface area (Å²) in [4.78, 5) is 58.1. The molecule has 13 heteroatoms. The van der Waals surface area contributed by atoms with Gasteiger partial charge in [0.25, 0.3) is 11.8 Å². The maximum absolute atomic E-state index is 15.2. The minimum Gasteiger partial charge on any atom is -0.497 e. The monoisotopic (exact) mass is 771 g/mol. The van der Waals surface area contributed by atoms with E-state index in [9.17, 15) is 19.5 Å². The number of aliphatic hydroxyl groups is 1. The van der Waals surface area contributed by atoms with Gasteiger partial charge in [-0.05, 0) is 85.8 Å². The van der Waals surface area contributed by atoms with Crippen molar-refractivity contribution >= 4 is 48.3 Å². The van der Waals surface area contributed by atoms with Crippen LogP contribution in [-0.2, 0) is 29.5 Å². The van der Waals surface area contributed by atoms with Crippen LogP contribution in [0, 0.1) is 5.92 Å². The number of likely N-dealkylation sites (tertiary alicyclic amines) is 1. The number of ether oxygens (including phenoxy) is 4. The highest BCUT2D eigenvalue weighted by molar-refractivity contribution is 6.91. The van der Waals surface area contributed by atoms with E-state index in [-0.39, 0.29) is 60.6 Å². The van der Waals surface area contributed by atoms with Gasteiger partial charge in [0.05, 0.1) is 60.3 Å². The van der Waals surface area contributed by atoms with Gasteiger partial charge in [-0.3, -0.25) is 19.2 Å². The summed E-state index contributed by atoms with van der Waals surface area (Å²) in [6, 6.07) is 20.1. The Morgan fingerprint density at radius 3 is 2.27 bits per heavy atom. The molecule has 1 spiro atoms. The highest BCUT2D eigenvalue weighted by Crippen LogP contribution is 2.60. The second-order valence-corrected chi connectivity index (χ2v) is 20.0. The first-order chi connectivity index (χ1) is 26.4. The summed E-state index contributed by atoms with van der Waals surface area (Å²) in [7, 11) is 2.01. The number of nitrogens with one attached hydrogen (secondary N) is 1. The van der Waals surface area contributed by atoms with Gasteiger partial charge in [0.1, 0.15) is 11.5 Å². The summed E-state index contributed by atoms with van der Waals surface area (Å²) < 4.78 is 22.8. The quantitative estimate of drug-likeness (QED) is 0.128. The van der Waals surface area contributed by atoms with E-state index >= 15 is 4.79 Å². The lowest BCUT2D eigenvalue weighted by molar-refractivity contribution is -0.150. The Labute approximate surface area is 324 Å². The normalized spacial score (nSPS) is 23.2. The summed E-state index contributed by atoms with van der Waals surface area (Å²) in [5, 5.41) is 14.2. The Kier molecular flexibility index (Phi) is 12.0. The Balaban J connectivity index is 1.41. The van der Waals surface area contributed by atoms with Gasteiger partial charge in [-0.15, -0.1) is 0 Å². The molecule has 55 heavy (non-hydrogen) atoms. The number of aliphatic hydroxyl groups excluding tert-OH is 1. The van der Waals surface area contributed by atoms with Crippen LogP contribution in [0.15, 0.2) is 66.7 Å². The molecule has 3 aliphatic heterocycles. The third-order valence-electron chi connectivity index (χ3n) is 12.0. The number of esters is 1. The largest absolute Gasteiger partial charge is 0.497 e. The molecule has 3 aromatic rings. The van der Waals surface area contributed by atoms with Crippen molar-refractivity contribution in [1.82, 2.24) is 4.90 Å². The zero-order valence-electron chi connectivity index (χ0n) is 32.6. The number of methoxy groups -OCH3 is 3. The molecule has 6 rings (SSSR count). The first-order valence-electron chi connectivity index (χ1n) is 19.1. The van der Waals surface area contributed by atoms with Crippen molar-refractivity contribution in [2.24, 2.45) is 5.92 Å². The highest BCUT2D eigenvalue weighted by Gasteiger charge is 2.66. The van der Waals surface area contributed by atoms with Crippen molar-refractivity contribution in [2.75, 3.05) is 51.2 Å². The first kappa shape index (κ1) is 40.0. The van der Waals surface area contributed by atoms with Gasteiger partial charge in [-0.1, -0.05) is 37.3 Å². The van der Waals surface area contributed by atoms with E-state index in [2.05, 4.69) is 37.5 Å². The molecule has 5 atom stereocenters. The third-order valence-corrected chi connectivity index (χ3v) is 16.3. The van der Waals surface area contributed by atoms with Crippen LogP contribution in [0.5, 0.6) is 11.5 Å². The second-order valence-electron chi connectivity index (χ2n) is 15.3. The molecule has 0 bridgehead atoms. The molecule has 3 heterocycles. The molecule has 294 valence electrons. The minimum atomic E-state index is -2.55. The standard InChI is InChI=1S/C42H53N3O9Si/c1-27-39(55(5,6)33-19-17-32(52-3)18-20-33)36(25-37(47)44-23-9-10-30(44)26-46)54-42(27)34-24-29(43-40(49)28-12-15-31(51-2)16-13-28)14-21-35(34)45(41(42)50)22-8-7-11-38(48)53-4/h12-21,24,27,30,36,39,46H,7-11,22-23,25-26H2,1-6H3,(H,43,49)/t27-,30+,36+,39-,42+/m1/s1. The Bertz CT molecular complexity index is 1890. The van der Waals surface area contributed by atoms with E-state index in [1.54, 1.807) is 54.4 Å². The topological polar surface area (TPSA) is 144 Å². The van der Waals surface area contributed by atoms with E-state index in [4.69, 9.17) is 18.9 Å². The van der Waals surface area contributed by atoms with Gasteiger partial charge in [0.15, 0.2) is 5.60 Å². The molecule has 2 fully saturated rings. The second kappa shape index (κ2) is 16.6. The molecule has 12 nitrogen and oxygen atoms in total. The van der Waals surface area contributed by atoms with E-state index in [0.29, 0.717) is 54.2 Å².